The van der Waals surface area contributed by atoms with Gasteiger partial charge in [-0.25, -0.2) is 0 Å². The molecule has 3 unspecified atom stereocenters. The summed E-state index contributed by atoms with van der Waals surface area (Å²) in [5.74, 6) is 0.906. The highest BCUT2D eigenvalue weighted by atomic mass is 35.5. The molecule has 2 aromatic rings. The summed E-state index contributed by atoms with van der Waals surface area (Å²) in [5, 5.41) is 20.3. The zero-order valence-electron chi connectivity index (χ0n) is 17.5. The summed E-state index contributed by atoms with van der Waals surface area (Å²) in [6, 6.07) is 14.1. The molecule has 31 heavy (non-hydrogen) atoms. The Labute approximate surface area is 187 Å². The van der Waals surface area contributed by atoms with Crippen LogP contribution in [0.1, 0.15) is 48.5 Å². The highest BCUT2D eigenvalue weighted by molar-refractivity contribution is 6.31. The maximum absolute atomic E-state index is 10.1. The molecule has 0 bridgehead atoms. The lowest BCUT2D eigenvalue weighted by molar-refractivity contribution is -0.191. The van der Waals surface area contributed by atoms with Gasteiger partial charge in [0.15, 0.2) is 0 Å². The van der Waals surface area contributed by atoms with Crippen molar-refractivity contribution in [3.05, 3.63) is 64.2 Å². The molecule has 0 amide bonds. The van der Waals surface area contributed by atoms with Crippen molar-refractivity contribution < 1.29 is 24.4 Å². The Hall–Kier alpha value is -1.63. The van der Waals surface area contributed by atoms with Crippen LogP contribution in [0.25, 0.3) is 0 Å². The van der Waals surface area contributed by atoms with Gasteiger partial charge in [-0.2, -0.15) is 0 Å². The smallest absolute Gasteiger partial charge is 0.119 e. The molecular weight excluding hydrogens is 416 g/mol. The fourth-order valence-corrected chi connectivity index (χ4v) is 5.15. The Kier molecular flexibility index (Phi) is 5.97. The van der Waals surface area contributed by atoms with Gasteiger partial charge in [-0.3, -0.25) is 0 Å². The fraction of sp³-hybridized carbons (Fsp3) is 0.520. The molecule has 2 saturated heterocycles. The van der Waals surface area contributed by atoms with Crippen molar-refractivity contribution in [3.8, 4) is 5.75 Å². The van der Waals surface area contributed by atoms with Crippen molar-refractivity contribution in [3.63, 3.8) is 0 Å². The highest BCUT2D eigenvalue weighted by Crippen LogP contribution is 2.48. The van der Waals surface area contributed by atoms with Gasteiger partial charge >= 0.3 is 0 Å². The van der Waals surface area contributed by atoms with E-state index in [4.69, 9.17) is 25.8 Å². The number of benzene rings is 2. The minimum Gasteiger partial charge on any atom is -0.490 e. The third-order valence-corrected chi connectivity index (χ3v) is 7.15. The van der Waals surface area contributed by atoms with Gasteiger partial charge in [-0.15, -0.1) is 0 Å². The van der Waals surface area contributed by atoms with E-state index in [1.54, 1.807) is 0 Å². The number of hydrogen-bond acceptors (Lipinski definition) is 5. The lowest BCUT2D eigenvalue weighted by Crippen LogP contribution is -2.56. The van der Waals surface area contributed by atoms with E-state index in [0.29, 0.717) is 35.8 Å². The molecular formula is C25H29ClO5. The van der Waals surface area contributed by atoms with Gasteiger partial charge in [0, 0.05) is 23.3 Å². The minimum absolute atomic E-state index is 0.0853. The average molecular weight is 445 g/mol. The minimum atomic E-state index is -0.468. The van der Waals surface area contributed by atoms with E-state index >= 15 is 0 Å². The number of aliphatic hydroxyl groups excluding tert-OH is 2. The van der Waals surface area contributed by atoms with Crippen molar-refractivity contribution in [1.82, 2.24) is 0 Å². The van der Waals surface area contributed by atoms with E-state index < -0.39 is 6.10 Å². The average Bonchev–Trinajstić information content (AvgIpc) is 2.71. The molecule has 1 spiro atoms. The summed E-state index contributed by atoms with van der Waals surface area (Å²) in [6.07, 6.45) is 3.14. The van der Waals surface area contributed by atoms with E-state index in [-0.39, 0.29) is 18.8 Å². The van der Waals surface area contributed by atoms with Crippen molar-refractivity contribution in [2.24, 2.45) is 5.41 Å². The Bertz CT molecular complexity index is 903. The summed E-state index contributed by atoms with van der Waals surface area (Å²) in [5.41, 5.74) is 3.56. The zero-order chi connectivity index (χ0) is 21.4. The van der Waals surface area contributed by atoms with E-state index in [0.717, 1.165) is 48.5 Å². The molecule has 2 aromatic carbocycles. The van der Waals surface area contributed by atoms with Gasteiger partial charge in [-0.05, 0) is 54.2 Å². The third-order valence-electron chi connectivity index (χ3n) is 6.78. The molecule has 6 heteroatoms. The van der Waals surface area contributed by atoms with Crippen LogP contribution in [0, 0.1) is 5.41 Å². The summed E-state index contributed by atoms with van der Waals surface area (Å²) < 4.78 is 17.4. The van der Waals surface area contributed by atoms with Gasteiger partial charge in [0.25, 0.3) is 0 Å². The Morgan fingerprint density at radius 3 is 2.52 bits per heavy atom. The van der Waals surface area contributed by atoms with E-state index in [1.807, 2.05) is 24.3 Å². The largest absolute Gasteiger partial charge is 0.490 e. The van der Waals surface area contributed by atoms with E-state index in [2.05, 4.69) is 18.2 Å². The molecule has 2 heterocycles. The summed E-state index contributed by atoms with van der Waals surface area (Å²) in [7, 11) is 0. The second kappa shape index (κ2) is 8.72. The quantitative estimate of drug-likeness (QED) is 0.703. The predicted molar refractivity (Wildman–Crippen MR) is 118 cm³/mol. The zero-order valence-corrected chi connectivity index (χ0v) is 18.3. The van der Waals surface area contributed by atoms with Gasteiger partial charge < -0.3 is 24.4 Å². The lowest BCUT2D eigenvalue weighted by Gasteiger charge is -2.52. The summed E-state index contributed by atoms with van der Waals surface area (Å²) in [6.45, 7) is 1.69. The fourth-order valence-electron chi connectivity index (χ4n) is 4.97. The second-order valence-electron chi connectivity index (χ2n) is 9.37. The number of hydrogen-bond donors (Lipinski definition) is 2. The first-order valence-corrected chi connectivity index (χ1v) is 11.5. The number of halogens is 1. The lowest BCUT2D eigenvalue weighted by atomic mass is 9.65. The second-order valence-corrected chi connectivity index (χ2v) is 9.77. The Balaban J connectivity index is 1.23. The van der Waals surface area contributed by atoms with Crippen molar-refractivity contribution in [1.29, 1.82) is 0 Å². The molecule has 5 nitrogen and oxygen atoms in total. The number of rotatable bonds is 6. The normalized spacial score (nSPS) is 27.5. The molecule has 0 radical (unpaired) electrons. The van der Waals surface area contributed by atoms with Crippen LogP contribution in [0.3, 0.4) is 0 Å². The summed E-state index contributed by atoms with van der Waals surface area (Å²) in [4.78, 5) is 0. The molecule has 1 saturated carbocycles. The third kappa shape index (κ3) is 4.62. The SMILES string of the molecule is OCC1CC(O)CC(c2ccc(Cl)c(Cc3ccc(OC4CC5(COC5)C4)cc3)c2)O1. The van der Waals surface area contributed by atoms with E-state index in [9.17, 15) is 10.2 Å². The first-order valence-electron chi connectivity index (χ1n) is 11.1. The van der Waals surface area contributed by atoms with Gasteiger partial charge in [0.05, 0.1) is 38.1 Å². The van der Waals surface area contributed by atoms with Crippen molar-refractivity contribution in [2.45, 2.75) is 56.5 Å². The van der Waals surface area contributed by atoms with Crippen LogP contribution in [-0.2, 0) is 15.9 Å². The van der Waals surface area contributed by atoms with Crippen LogP contribution in [0.15, 0.2) is 42.5 Å². The maximum atomic E-state index is 10.1. The molecule has 2 N–H and O–H groups in total. The van der Waals surface area contributed by atoms with Crippen LogP contribution in [0.4, 0.5) is 0 Å². The standard InChI is InChI=1S/C25H29ClO5/c26-23-6-3-17(24-10-19(28)9-21(13-27)31-24)8-18(23)7-16-1-4-20(5-2-16)30-22-11-25(12-22)14-29-15-25/h1-6,8,19,21-22,24,27-28H,7,9-15H2. The molecule has 3 aliphatic rings. The number of aliphatic hydroxyl groups is 2. The molecule has 2 aliphatic heterocycles. The van der Waals surface area contributed by atoms with Crippen molar-refractivity contribution in [2.75, 3.05) is 19.8 Å². The number of ether oxygens (including phenoxy) is 3. The molecule has 166 valence electrons. The van der Waals surface area contributed by atoms with Gasteiger partial charge in [0.2, 0.25) is 0 Å². The molecule has 5 rings (SSSR count). The topological polar surface area (TPSA) is 68.2 Å². The monoisotopic (exact) mass is 444 g/mol. The Morgan fingerprint density at radius 1 is 1.06 bits per heavy atom. The van der Waals surface area contributed by atoms with Gasteiger partial charge in [-0.1, -0.05) is 35.9 Å². The first kappa shape index (κ1) is 21.2. The molecule has 3 fully saturated rings. The molecule has 3 atom stereocenters. The van der Waals surface area contributed by atoms with Crippen LogP contribution in [0.5, 0.6) is 5.75 Å². The predicted octanol–water partition coefficient (Wildman–Crippen LogP) is 4.06. The van der Waals surface area contributed by atoms with Crippen LogP contribution in [0.2, 0.25) is 5.02 Å². The molecule has 1 aliphatic carbocycles. The van der Waals surface area contributed by atoms with Crippen LogP contribution >= 0.6 is 11.6 Å². The summed E-state index contributed by atoms with van der Waals surface area (Å²) >= 11 is 6.48. The maximum Gasteiger partial charge on any atom is 0.119 e. The first-order chi connectivity index (χ1) is 15.0. The van der Waals surface area contributed by atoms with Crippen molar-refractivity contribution >= 4 is 11.6 Å². The Morgan fingerprint density at radius 2 is 1.84 bits per heavy atom. The highest BCUT2D eigenvalue weighted by Gasteiger charge is 2.51. The molecule has 0 aromatic heterocycles. The van der Waals surface area contributed by atoms with Crippen LogP contribution in [-0.4, -0.2) is 48.3 Å². The van der Waals surface area contributed by atoms with E-state index in [1.165, 1.54) is 0 Å². The van der Waals surface area contributed by atoms with Crippen LogP contribution < -0.4 is 4.74 Å². The van der Waals surface area contributed by atoms with Gasteiger partial charge in [0.1, 0.15) is 11.9 Å².